The van der Waals surface area contributed by atoms with Crippen LogP contribution in [0.2, 0.25) is 0 Å². The van der Waals surface area contributed by atoms with E-state index in [2.05, 4.69) is 56.2 Å². The fourth-order valence-corrected chi connectivity index (χ4v) is 2.74. The van der Waals surface area contributed by atoms with Gasteiger partial charge in [-0.05, 0) is 12.1 Å². The molecular formula is C16H23N5. The SMILES string of the molecule is CCN1CCN(Cc2n[nH]c(Cc3ccccc3)n2)CC1. The molecule has 3 rings (SSSR count). The molecule has 1 aromatic carbocycles. The van der Waals surface area contributed by atoms with E-state index in [1.54, 1.807) is 0 Å². The van der Waals surface area contributed by atoms with Crippen LogP contribution in [-0.2, 0) is 13.0 Å². The fourth-order valence-electron chi connectivity index (χ4n) is 2.74. The van der Waals surface area contributed by atoms with Crippen LogP contribution < -0.4 is 0 Å². The number of aromatic nitrogens is 3. The molecule has 1 aromatic heterocycles. The molecule has 1 aliphatic heterocycles. The first-order chi connectivity index (χ1) is 10.3. The molecule has 1 aliphatic rings. The summed E-state index contributed by atoms with van der Waals surface area (Å²) >= 11 is 0. The summed E-state index contributed by atoms with van der Waals surface area (Å²) in [5, 5.41) is 7.42. The maximum atomic E-state index is 4.62. The Morgan fingerprint density at radius 1 is 1.05 bits per heavy atom. The zero-order valence-corrected chi connectivity index (χ0v) is 12.6. The van der Waals surface area contributed by atoms with Gasteiger partial charge in [-0.2, -0.15) is 5.10 Å². The summed E-state index contributed by atoms with van der Waals surface area (Å²) in [6.07, 6.45) is 0.817. The van der Waals surface area contributed by atoms with E-state index in [-0.39, 0.29) is 0 Å². The van der Waals surface area contributed by atoms with E-state index < -0.39 is 0 Å². The fraction of sp³-hybridized carbons (Fsp3) is 0.500. The van der Waals surface area contributed by atoms with Crippen LogP contribution in [0.15, 0.2) is 30.3 Å². The minimum Gasteiger partial charge on any atom is -0.301 e. The molecule has 1 saturated heterocycles. The second-order valence-corrected chi connectivity index (χ2v) is 5.57. The average Bonchev–Trinajstić information content (AvgIpc) is 2.96. The van der Waals surface area contributed by atoms with Gasteiger partial charge in [0.25, 0.3) is 0 Å². The van der Waals surface area contributed by atoms with E-state index in [0.717, 1.165) is 57.3 Å². The lowest BCUT2D eigenvalue weighted by atomic mass is 10.1. The molecule has 0 bridgehead atoms. The quantitative estimate of drug-likeness (QED) is 0.905. The Morgan fingerprint density at radius 3 is 2.48 bits per heavy atom. The van der Waals surface area contributed by atoms with Crippen molar-refractivity contribution in [2.45, 2.75) is 19.9 Å². The molecule has 0 aliphatic carbocycles. The van der Waals surface area contributed by atoms with Crippen LogP contribution in [0.5, 0.6) is 0 Å². The Bertz CT molecular complexity index is 543. The maximum Gasteiger partial charge on any atom is 0.164 e. The van der Waals surface area contributed by atoms with Gasteiger partial charge in [-0.15, -0.1) is 0 Å². The van der Waals surface area contributed by atoms with Gasteiger partial charge in [-0.3, -0.25) is 10.00 Å². The summed E-state index contributed by atoms with van der Waals surface area (Å²) in [6.45, 7) is 8.74. The Labute approximate surface area is 126 Å². The lowest BCUT2D eigenvalue weighted by Gasteiger charge is -2.33. The zero-order chi connectivity index (χ0) is 14.5. The van der Waals surface area contributed by atoms with Gasteiger partial charge in [0.15, 0.2) is 5.82 Å². The van der Waals surface area contributed by atoms with Gasteiger partial charge in [-0.25, -0.2) is 4.98 Å². The zero-order valence-electron chi connectivity index (χ0n) is 12.6. The van der Waals surface area contributed by atoms with Crippen molar-refractivity contribution in [2.75, 3.05) is 32.7 Å². The highest BCUT2D eigenvalue weighted by molar-refractivity contribution is 5.18. The van der Waals surface area contributed by atoms with Gasteiger partial charge in [-0.1, -0.05) is 37.3 Å². The number of benzene rings is 1. The van der Waals surface area contributed by atoms with Crippen LogP contribution in [0.25, 0.3) is 0 Å². The van der Waals surface area contributed by atoms with E-state index in [9.17, 15) is 0 Å². The maximum absolute atomic E-state index is 4.62. The Balaban J connectivity index is 1.53. The average molecular weight is 285 g/mol. The first-order valence-electron chi connectivity index (χ1n) is 7.72. The summed E-state index contributed by atoms with van der Waals surface area (Å²) in [5.41, 5.74) is 1.26. The number of nitrogens with zero attached hydrogens (tertiary/aromatic N) is 4. The molecule has 2 aromatic rings. The summed E-state index contributed by atoms with van der Waals surface area (Å²) in [5.74, 6) is 1.86. The van der Waals surface area contributed by atoms with E-state index in [1.807, 2.05) is 6.07 Å². The standard InChI is InChI=1S/C16H23N5/c1-2-20-8-10-21(11-9-20)13-16-17-15(18-19-16)12-14-6-4-3-5-7-14/h3-7H,2,8-13H2,1H3,(H,17,18,19). The predicted molar refractivity (Wildman–Crippen MR) is 83.0 cm³/mol. The van der Waals surface area contributed by atoms with E-state index >= 15 is 0 Å². The molecule has 0 saturated carbocycles. The van der Waals surface area contributed by atoms with Crippen molar-refractivity contribution < 1.29 is 0 Å². The molecule has 0 atom stereocenters. The number of rotatable bonds is 5. The van der Waals surface area contributed by atoms with Crippen molar-refractivity contribution in [1.82, 2.24) is 25.0 Å². The summed E-state index contributed by atoms with van der Waals surface area (Å²) in [7, 11) is 0. The van der Waals surface area contributed by atoms with Crippen molar-refractivity contribution in [3.63, 3.8) is 0 Å². The highest BCUT2D eigenvalue weighted by atomic mass is 15.3. The molecule has 5 nitrogen and oxygen atoms in total. The van der Waals surface area contributed by atoms with Crippen LogP contribution >= 0.6 is 0 Å². The molecule has 2 heterocycles. The Morgan fingerprint density at radius 2 is 1.76 bits per heavy atom. The van der Waals surface area contributed by atoms with E-state index in [4.69, 9.17) is 0 Å². The normalized spacial score (nSPS) is 17.2. The first kappa shape index (κ1) is 14.2. The smallest absolute Gasteiger partial charge is 0.164 e. The predicted octanol–water partition coefficient (Wildman–Crippen LogP) is 1.53. The molecule has 21 heavy (non-hydrogen) atoms. The number of H-pyrrole nitrogens is 1. The third-order valence-corrected chi connectivity index (χ3v) is 4.07. The number of piperazine rings is 1. The topological polar surface area (TPSA) is 48.0 Å². The molecule has 1 fully saturated rings. The lowest BCUT2D eigenvalue weighted by Crippen LogP contribution is -2.45. The Hall–Kier alpha value is -1.72. The van der Waals surface area contributed by atoms with Crippen molar-refractivity contribution in [2.24, 2.45) is 0 Å². The summed E-state index contributed by atoms with van der Waals surface area (Å²) in [6, 6.07) is 10.4. The van der Waals surface area contributed by atoms with E-state index in [1.165, 1.54) is 5.56 Å². The largest absolute Gasteiger partial charge is 0.301 e. The second-order valence-electron chi connectivity index (χ2n) is 5.57. The molecule has 0 unspecified atom stereocenters. The molecular weight excluding hydrogens is 262 g/mol. The number of likely N-dealkylation sites (N-methyl/N-ethyl adjacent to an activating group) is 1. The van der Waals surface area contributed by atoms with Crippen LogP contribution in [0.1, 0.15) is 24.1 Å². The molecule has 0 spiro atoms. The van der Waals surface area contributed by atoms with Crippen LogP contribution in [0.3, 0.4) is 0 Å². The van der Waals surface area contributed by atoms with Gasteiger partial charge >= 0.3 is 0 Å². The van der Waals surface area contributed by atoms with Gasteiger partial charge < -0.3 is 4.90 Å². The molecule has 1 N–H and O–H groups in total. The van der Waals surface area contributed by atoms with Gasteiger partial charge in [0, 0.05) is 32.6 Å². The van der Waals surface area contributed by atoms with Crippen LogP contribution in [-0.4, -0.2) is 57.7 Å². The lowest BCUT2D eigenvalue weighted by molar-refractivity contribution is 0.129. The van der Waals surface area contributed by atoms with Crippen molar-refractivity contribution >= 4 is 0 Å². The molecule has 0 amide bonds. The van der Waals surface area contributed by atoms with Gasteiger partial charge in [0.2, 0.25) is 0 Å². The van der Waals surface area contributed by atoms with Crippen LogP contribution in [0, 0.1) is 0 Å². The monoisotopic (exact) mass is 285 g/mol. The van der Waals surface area contributed by atoms with Crippen molar-refractivity contribution in [3.8, 4) is 0 Å². The number of hydrogen-bond donors (Lipinski definition) is 1. The van der Waals surface area contributed by atoms with Crippen molar-refractivity contribution in [3.05, 3.63) is 47.5 Å². The van der Waals surface area contributed by atoms with Gasteiger partial charge in [0.1, 0.15) is 5.82 Å². The van der Waals surface area contributed by atoms with E-state index in [0.29, 0.717) is 0 Å². The van der Waals surface area contributed by atoms with Crippen LogP contribution in [0.4, 0.5) is 0 Å². The van der Waals surface area contributed by atoms with Crippen molar-refractivity contribution in [1.29, 1.82) is 0 Å². The molecule has 112 valence electrons. The number of hydrogen-bond acceptors (Lipinski definition) is 4. The highest BCUT2D eigenvalue weighted by Crippen LogP contribution is 2.08. The highest BCUT2D eigenvalue weighted by Gasteiger charge is 2.17. The summed E-state index contributed by atoms with van der Waals surface area (Å²) in [4.78, 5) is 9.53. The number of aromatic amines is 1. The third kappa shape index (κ3) is 3.89. The number of nitrogens with one attached hydrogen (secondary N) is 1. The minimum atomic E-state index is 0.817. The Kier molecular flexibility index (Phi) is 4.62. The van der Waals surface area contributed by atoms with Gasteiger partial charge in [0.05, 0.1) is 6.54 Å². The first-order valence-corrected chi connectivity index (χ1v) is 7.72. The minimum absolute atomic E-state index is 0.817. The third-order valence-electron chi connectivity index (χ3n) is 4.07. The summed E-state index contributed by atoms with van der Waals surface area (Å²) < 4.78 is 0. The molecule has 0 radical (unpaired) electrons. The molecule has 5 heteroatoms. The second kappa shape index (κ2) is 6.83.